The molecule has 0 aliphatic carbocycles. The van der Waals surface area contributed by atoms with Gasteiger partial charge in [0.2, 0.25) is 0 Å². The predicted octanol–water partition coefficient (Wildman–Crippen LogP) is 2.61. The van der Waals surface area contributed by atoms with Crippen molar-refractivity contribution in [1.29, 1.82) is 0 Å². The molecule has 0 fully saturated rings. The van der Waals surface area contributed by atoms with Crippen LogP contribution in [0.2, 0.25) is 0 Å². The molecule has 2 aromatic rings. The zero-order chi connectivity index (χ0) is 16.7. The van der Waals surface area contributed by atoms with Gasteiger partial charge < -0.3 is 14.4 Å². The first-order chi connectivity index (χ1) is 11.1. The number of amides is 1. The zero-order valence-electron chi connectivity index (χ0n) is 13.2. The van der Waals surface area contributed by atoms with Crippen molar-refractivity contribution in [1.82, 2.24) is 4.90 Å². The van der Waals surface area contributed by atoms with Gasteiger partial charge in [-0.25, -0.2) is 4.79 Å². The molecule has 0 aliphatic heterocycles. The first-order valence-corrected chi connectivity index (χ1v) is 8.07. The van der Waals surface area contributed by atoms with Crippen LogP contribution in [0.3, 0.4) is 0 Å². The second-order valence-corrected chi connectivity index (χ2v) is 6.10. The number of hydrogen-bond donors (Lipinski definition) is 0. The van der Waals surface area contributed by atoms with Crippen molar-refractivity contribution in [2.45, 2.75) is 6.42 Å². The van der Waals surface area contributed by atoms with Gasteiger partial charge in [0.1, 0.15) is 5.75 Å². The number of likely N-dealkylation sites (N-methyl/N-ethyl adjacent to an activating group) is 1. The van der Waals surface area contributed by atoms with Crippen molar-refractivity contribution in [2.24, 2.45) is 0 Å². The van der Waals surface area contributed by atoms with E-state index in [4.69, 9.17) is 9.47 Å². The van der Waals surface area contributed by atoms with Crippen LogP contribution in [0.25, 0.3) is 0 Å². The van der Waals surface area contributed by atoms with E-state index < -0.39 is 5.97 Å². The van der Waals surface area contributed by atoms with Crippen molar-refractivity contribution in [3.63, 3.8) is 0 Å². The van der Waals surface area contributed by atoms with Crippen LogP contribution in [0.5, 0.6) is 5.75 Å². The Bertz CT molecular complexity index is 652. The lowest BCUT2D eigenvalue weighted by Crippen LogP contribution is -2.27. The molecule has 6 heteroatoms. The minimum atomic E-state index is -0.397. The fraction of sp³-hybridized carbons (Fsp3) is 0.294. The maximum atomic E-state index is 12.0. The highest BCUT2D eigenvalue weighted by Crippen LogP contribution is 2.15. The van der Waals surface area contributed by atoms with Crippen molar-refractivity contribution in [2.75, 3.05) is 27.3 Å². The number of thiophene rings is 1. The van der Waals surface area contributed by atoms with Crippen LogP contribution in [-0.2, 0) is 16.0 Å². The molecule has 0 radical (unpaired) electrons. The maximum Gasteiger partial charge on any atom is 0.338 e. The van der Waals surface area contributed by atoms with Crippen LogP contribution in [0, 0.1) is 0 Å². The summed E-state index contributed by atoms with van der Waals surface area (Å²) in [6, 6.07) is 10.6. The molecule has 122 valence electrons. The van der Waals surface area contributed by atoms with E-state index in [1.165, 1.54) is 9.78 Å². The van der Waals surface area contributed by atoms with Gasteiger partial charge in [0.15, 0.2) is 6.61 Å². The van der Waals surface area contributed by atoms with Gasteiger partial charge in [0.05, 0.1) is 12.2 Å². The molecule has 5 nitrogen and oxygen atoms in total. The third kappa shape index (κ3) is 5.41. The summed E-state index contributed by atoms with van der Waals surface area (Å²) in [5.41, 5.74) is 0.408. The van der Waals surface area contributed by atoms with Crippen molar-refractivity contribution in [3.05, 3.63) is 52.2 Å². The number of benzene rings is 1. The van der Waals surface area contributed by atoms with E-state index >= 15 is 0 Å². The van der Waals surface area contributed by atoms with E-state index in [0.717, 1.165) is 0 Å². The fourth-order valence-corrected chi connectivity index (χ4v) is 2.46. The first kappa shape index (κ1) is 17.0. The second-order valence-electron chi connectivity index (χ2n) is 5.07. The minimum absolute atomic E-state index is 0.0656. The Morgan fingerprint density at radius 3 is 2.70 bits per heavy atom. The summed E-state index contributed by atoms with van der Waals surface area (Å²) in [6.45, 7) is 0.271. The molecule has 0 aliphatic rings. The van der Waals surface area contributed by atoms with Gasteiger partial charge in [-0.1, -0.05) is 12.1 Å². The molecule has 0 atom stereocenters. The Labute approximate surface area is 139 Å². The molecule has 1 aromatic carbocycles. The minimum Gasteiger partial charge on any atom is -0.484 e. The molecule has 0 N–H and O–H groups in total. The molecule has 0 spiro atoms. The first-order valence-electron chi connectivity index (χ1n) is 7.19. The summed E-state index contributed by atoms with van der Waals surface area (Å²) in [7, 11) is 3.32. The molecule has 1 aromatic heterocycles. The smallest absolute Gasteiger partial charge is 0.338 e. The van der Waals surface area contributed by atoms with Crippen LogP contribution < -0.4 is 4.74 Å². The monoisotopic (exact) mass is 333 g/mol. The molecular weight excluding hydrogens is 314 g/mol. The van der Waals surface area contributed by atoms with Crippen LogP contribution in [-0.4, -0.2) is 44.1 Å². The maximum absolute atomic E-state index is 12.0. The summed E-state index contributed by atoms with van der Waals surface area (Å²) >= 11 is 1.64. The average Bonchev–Trinajstić information content (AvgIpc) is 3.06. The topological polar surface area (TPSA) is 55.8 Å². The van der Waals surface area contributed by atoms with Crippen molar-refractivity contribution >= 4 is 23.2 Å². The largest absolute Gasteiger partial charge is 0.484 e. The second kappa shape index (κ2) is 8.33. The van der Waals surface area contributed by atoms with E-state index in [-0.39, 0.29) is 12.5 Å². The summed E-state index contributed by atoms with van der Waals surface area (Å²) in [6.07, 6.45) is 0.705. The zero-order valence-corrected chi connectivity index (χ0v) is 14.0. The van der Waals surface area contributed by atoms with Crippen LogP contribution in [0.15, 0.2) is 41.8 Å². The third-order valence-corrected chi connectivity index (χ3v) is 4.03. The van der Waals surface area contributed by atoms with E-state index in [1.807, 2.05) is 17.5 Å². The summed E-state index contributed by atoms with van der Waals surface area (Å²) in [4.78, 5) is 26.1. The molecule has 0 saturated carbocycles. The molecule has 0 bridgehead atoms. The number of carbonyl (C=O) groups excluding carboxylic acids is 2. The Morgan fingerprint density at radius 1 is 1.17 bits per heavy atom. The van der Waals surface area contributed by atoms with E-state index in [0.29, 0.717) is 24.3 Å². The number of esters is 1. The molecule has 1 amide bonds. The number of ether oxygens (including phenoxy) is 2. The van der Waals surface area contributed by atoms with Gasteiger partial charge in [-0.15, -0.1) is 11.3 Å². The fourth-order valence-electron chi connectivity index (χ4n) is 1.77. The molecule has 0 saturated heterocycles. The summed E-state index contributed by atoms with van der Waals surface area (Å²) < 4.78 is 10.6. The quantitative estimate of drug-likeness (QED) is 0.731. The highest BCUT2D eigenvalue weighted by atomic mass is 32.1. The molecular formula is C17H19NO4S. The number of hydrogen-bond acceptors (Lipinski definition) is 5. The van der Waals surface area contributed by atoms with Gasteiger partial charge in [-0.2, -0.15) is 0 Å². The van der Waals surface area contributed by atoms with Crippen molar-refractivity contribution < 1.29 is 19.1 Å². The van der Waals surface area contributed by atoms with Gasteiger partial charge >= 0.3 is 5.97 Å². The Kier molecular flexibility index (Phi) is 6.17. The lowest BCUT2D eigenvalue weighted by molar-refractivity contribution is -0.130. The predicted molar refractivity (Wildman–Crippen MR) is 88.9 cm³/mol. The Morgan fingerprint density at radius 2 is 2.00 bits per heavy atom. The van der Waals surface area contributed by atoms with Crippen LogP contribution in [0.1, 0.15) is 15.2 Å². The van der Waals surface area contributed by atoms with Gasteiger partial charge in [0.25, 0.3) is 5.91 Å². The van der Waals surface area contributed by atoms with Gasteiger partial charge in [0, 0.05) is 25.4 Å². The summed E-state index contributed by atoms with van der Waals surface area (Å²) in [5.74, 6) is -0.0761. The number of nitrogens with zero attached hydrogens (tertiary/aromatic N) is 1. The van der Waals surface area contributed by atoms with E-state index in [2.05, 4.69) is 0 Å². The highest BCUT2D eigenvalue weighted by molar-refractivity contribution is 7.09. The summed E-state index contributed by atoms with van der Waals surface area (Å²) in [5, 5.41) is 1.99. The SMILES string of the molecule is CN(C)C(=O)COc1cccc(C(=O)OCCc2cccs2)c1. The third-order valence-electron chi connectivity index (χ3n) is 3.09. The average molecular weight is 333 g/mol. The van der Waals surface area contributed by atoms with Crippen LogP contribution >= 0.6 is 11.3 Å². The normalized spacial score (nSPS) is 10.2. The Hall–Kier alpha value is -2.34. The lowest BCUT2D eigenvalue weighted by Gasteiger charge is -2.11. The van der Waals surface area contributed by atoms with E-state index in [1.54, 1.807) is 49.7 Å². The van der Waals surface area contributed by atoms with Crippen molar-refractivity contribution in [3.8, 4) is 5.75 Å². The standard InChI is InChI=1S/C17H19NO4S/c1-18(2)16(19)12-22-14-6-3-5-13(11-14)17(20)21-9-8-15-7-4-10-23-15/h3-7,10-11H,8-9,12H2,1-2H3. The Balaban J connectivity index is 1.85. The highest BCUT2D eigenvalue weighted by Gasteiger charge is 2.10. The number of rotatable bonds is 7. The molecule has 23 heavy (non-hydrogen) atoms. The van der Waals surface area contributed by atoms with Gasteiger partial charge in [-0.3, -0.25) is 4.79 Å². The molecule has 2 rings (SSSR count). The van der Waals surface area contributed by atoms with Crippen LogP contribution in [0.4, 0.5) is 0 Å². The number of carbonyl (C=O) groups is 2. The molecule has 0 unspecified atom stereocenters. The lowest BCUT2D eigenvalue weighted by atomic mass is 10.2. The van der Waals surface area contributed by atoms with E-state index in [9.17, 15) is 9.59 Å². The van der Waals surface area contributed by atoms with Gasteiger partial charge in [-0.05, 0) is 29.6 Å². The molecule has 1 heterocycles.